The van der Waals surface area contributed by atoms with Crippen LogP contribution in [0.4, 0.5) is 0 Å². The van der Waals surface area contributed by atoms with Gasteiger partial charge in [0.2, 0.25) is 0 Å². The van der Waals surface area contributed by atoms with Crippen LogP contribution < -0.4 is 0 Å². The minimum absolute atomic E-state index is 0.0706. The molecule has 13 heavy (non-hydrogen) atoms. The van der Waals surface area contributed by atoms with E-state index in [4.69, 9.17) is 5.11 Å². The highest BCUT2D eigenvalue weighted by atomic mass is 16.5. The molecule has 0 unspecified atom stereocenters. The molecule has 1 N–H and O–H groups in total. The van der Waals surface area contributed by atoms with Crippen molar-refractivity contribution in [1.29, 1.82) is 0 Å². The van der Waals surface area contributed by atoms with Crippen molar-refractivity contribution in [2.45, 2.75) is 39.7 Å². The second-order valence-corrected chi connectivity index (χ2v) is 3.85. The van der Waals surface area contributed by atoms with E-state index in [1.54, 1.807) is 6.92 Å². The molecule has 0 saturated heterocycles. The summed E-state index contributed by atoms with van der Waals surface area (Å²) in [6, 6.07) is 0. The number of carbonyl (C=O) groups is 1. The molecule has 3 atom stereocenters. The van der Waals surface area contributed by atoms with Gasteiger partial charge in [-0.05, 0) is 25.7 Å². The van der Waals surface area contributed by atoms with Gasteiger partial charge in [-0.2, -0.15) is 0 Å². The summed E-state index contributed by atoms with van der Waals surface area (Å²) in [5.41, 5.74) is 0. The topological polar surface area (TPSA) is 46.5 Å². The molecule has 0 fully saturated rings. The smallest absolute Gasteiger partial charge is 0.308 e. The standard InChI is InChI=1S/C10H20O3/c1-7(6-9(3)11)5-8(2)10(12)13-4/h7-9,11H,5-6H2,1-4H3/t7-,8+,9-/m0/s1. The first-order valence-electron chi connectivity index (χ1n) is 4.73. The van der Waals surface area contributed by atoms with Crippen LogP contribution in [0.25, 0.3) is 0 Å². The Kier molecular flexibility index (Phi) is 5.71. The van der Waals surface area contributed by atoms with Crippen molar-refractivity contribution in [1.82, 2.24) is 0 Å². The molecule has 0 aromatic carbocycles. The fraction of sp³-hybridized carbons (Fsp3) is 0.900. The van der Waals surface area contributed by atoms with Crippen LogP contribution in [0.1, 0.15) is 33.6 Å². The maximum absolute atomic E-state index is 11.0. The first-order chi connectivity index (χ1) is 5.97. The van der Waals surface area contributed by atoms with E-state index in [-0.39, 0.29) is 18.0 Å². The third-order valence-electron chi connectivity index (χ3n) is 2.10. The Morgan fingerprint density at radius 3 is 2.23 bits per heavy atom. The monoisotopic (exact) mass is 188 g/mol. The van der Waals surface area contributed by atoms with Gasteiger partial charge < -0.3 is 9.84 Å². The van der Waals surface area contributed by atoms with E-state index in [2.05, 4.69) is 4.74 Å². The van der Waals surface area contributed by atoms with Gasteiger partial charge in [-0.1, -0.05) is 13.8 Å². The van der Waals surface area contributed by atoms with Gasteiger partial charge in [0.05, 0.1) is 19.1 Å². The van der Waals surface area contributed by atoms with Gasteiger partial charge in [0.1, 0.15) is 0 Å². The molecule has 0 rings (SSSR count). The summed E-state index contributed by atoms with van der Waals surface area (Å²) in [7, 11) is 1.40. The number of carbonyl (C=O) groups excluding carboxylic acids is 1. The van der Waals surface area contributed by atoms with Crippen molar-refractivity contribution in [3.63, 3.8) is 0 Å². The van der Waals surface area contributed by atoms with Gasteiger partial charge in [-0.15, -0.1) is 0 Å². The average Bonchev–Trinajstić information content (AvgIpc) is 2.01. The zero-order chi connectivity index (χ0) is 10.4. The Bertz CT molecular complexity index is 154. The predicted octanol–water partition coefficient (Wildman–Crippen LogP) is 1.59. The number of aliphatic hydroxyl groups is 1. The van der Waals surface area contributed by atoms with E-state index >= 15 is 0 Å². The molecule has 0 aromatic heterocycles. The van der Waals surface area contributed by atoms with Crippen LogP contribution in [-0.4, -0.2) is 24.3 Å². The van der Waals surface area contributed by atoms with E-state index in [0.29, 0.717) is 5.92 Å². The highest BCUT2D eigenvalue weighted by Crippen LogP contribution is 2.17. The molecule has 0 radical (unpaired) electrons. The van der Waals surface area contributed by atoms with E-state index in [1.807, 2.05) is 13.8 Å². The zero-order valence-electron chi connectivity index (χ0n) is 8.91. The molecule has 3 nitrogen and oxygen atoms in total. The number of hydrogen-bond donors (Lipinski definition) is 1. The zero-order valence-corrected chi connectivity index (χ0v) is 8.91. The largest absolute Gasteiger partial charge is 0.469 e. The van der Waals surface area contributed by atoms with Crippen LogP contribution in [0.2, 0.25) is 0 Å². The fourth-order valence-corrected chi connectivity index (χ4v) is 1.58. The van der Waals surface area contributed by atoms with Crippen LogP contribution in [0.15, 0.2) is 0 Å². The summed E-state index contributed by atoms with van der Waals surface area (Å²) < 4.78 is 4.62. The van der Waals surface area contributed by atoms with Crippen LogP contribution in [0.5, 0.6) is 0 Å². The van der Waals surface area contributed by atoms with E-state index in [1.165, 1.54) is 7.11 Å². The molecule has 0 saturated carbocycles. The summed E-state index contributed by atoms with van der Waals surface area (Å²) >= 11 is 0. The lowest BCUT2D eigenvalue weighted by molar-refractivity contribution is -0.145. The normalized spacial score (nSPS) is 17.6. The minimum Gasteiger partial charge on any atom is -0.469 e. The number of rotatable bonds is 5. The Hall–Kier alpha value is -0.570. The molecule has 0 aliphatic heterocycles. The van der Waals surface area contributed by atoms with Gasteiger partial charge in [0, 0.05) is 0 Å². The van der Waals surface area contributed by atoms with Crippen molar-refractivity contribution >= 4 is 5.97 Å². The summed E-state index contributed by atoms with van der Waals surface area (Å²) in [6.45, 7) is 5.65. The first-order valence-corrected chi connectivity index (χ1v) is 4.73. The quantitative estimate of drug-likeness (QED) is 0.666. The number of hydrogen-bond acceptors (Lipinski definition) is 3. The molecule has 0 aromatic rings. The second kappa shape index (κ2) is 5.97. The van der Waals surface area contributed by atoms with Gasteiger partial charge in [-0.25, -0.2) is 0 Å². The van der Waals surface area contributed by atoms with E-state index in [9.17, 15) is 4.79 Å². The van der Waals surface area contributed by atoms with Gasteiger partial charge in [0.25, 0.3) is 0 Å². The molecule has 0 aliphatic rings. The third kappa shape index (κ3) is 5.64. The lowest BCUT2D eigenvalue weighted by atomic mass is 9.93. The molecular weight excluding hydrogens is 168 g/mol. The maximum Gasteiger partial charge on any atom is 0.308 e. The highest BCUT2D eigenvalue weighted by molar-refractivity contribution is 5.71. The summed E-state index contributed by atoms with van der Waals surface area (Å²) in [4.78, 5) is 11.0. The van der Waals surface area contributed by atoms with Gasteiger partial charge in [0.15, 0.2) is 0 Å². The van der Waals surface area contributed by atoms with Crippen LogP contribution in [-0.2, 0) is 9.53 Å². The Morgan fingerprint density at radius 2 is 1.85 bits per heavy atom. The summed E-state index contributed by atoms with van der Waals surface area (Å²) in [5.74, 6) is 0.116. The predicted molar refractivity (Wildman–Crippen MR) is 51.3 cm³/mol. The molecule has 78 valence electrons. The van der Waals surface area contributed by atoms with E-state index < -0.39 is 0 Å². The summed E-state index contributed by atoms with van der Waals surface area (Å²) in [5, 5.41) is 9.12. The molecule has 0 heterocycles. The Balaban J connectivity index is 3.77. The number of methoxy groups -OCH3 is 1. The fourth-order valence-electron chi connectivity index (χ4n) is 1.58. The molecule has 3 heteroatoms. The molecule has 0 aliphatic carbocycles. The number of esters is 1. The third-order valence-corrected chi connectivity index (χ3v) is 2.10. The van der Waals surface area contributed by atoms with Crippen LogP contribution in [0.3, 0.4) is 0 Å². The highest BCUT2D eigenvalue weighted by Gasteiger charge is 2.17. The maximum atomic E-state index is 11.0. The van der Waals surface area contributed by atoms with Gasteiger partial charge >= 0.3 is 5.97 Å². The first kappa shape index (κ1) is 12.4. The molecule has 0 bridgehead atoms. The average molecular weight is 188 g/mol. The SMILES string of the molecule is COC(=O)[C@H](C)C[C@H](C)C[C@H](C)O. The van der Waals surface area contributed by atoms with Crippen molar-refractivity contribution in [2.24, 2.45) is 11.8 Å². The summed E-state index contributed by atoms with van der Waals surface area (Å²) in [6.07, 6.45) is 1.22. The molecular formula is C10H20O3. The van der Waals surface area contributed by atoms with Crippen molar-refractivity contribution < 1.29 is 14.6 Å². The molecule has 0 spiro atoms. The van der Waals surface area contributed by atoms with Crippen molar-refractivity contribution in [3.05, 3.63) is 0 Å². The lowest BCUT2D eigenvalue weighted by Gasteiger charge is -2.16. The van der Waals surface area contributed by atoms with Gasteiger partial charge in [-0.3, -0.25) is 4.79 Å². The van der Waals surface area contributed by atoms with Crippen molar-refractivity contribution in [2.75, 3.05) is 7.11 Å². The Labute approximate surface area is 80.1 Å². The molecule has 0 amide bonds. The second-order valence-electron chi connectivity index (χ2n) is 3.85. The Morgan fingerprint density at radius 1 is 1.31 bits per heavy atom. The number of ether oxygens (including phenoxy) is 1. The number of aliphatic hydroxyl groups excluding tert-OH is 1. The van der Waals surface area contributed by atoms with Crippen LogP contribution in [0, 0.1) is 11.8 Å². The van der Waals surface area contributed by atoms with Crippen LogP contribution >= 0.6 is 0 Å². The van der Waals surface area contributed by atoms with E-state index in [0.717, 1.165) is 12.8 Å². The van der Waals surface area contributed by atoms with Crippen molar-refractivity contribution in [3.8, 4) is 0 Å². The lowest BCUT2D eigenvalue weighted by Crippen LogP contribution is -2.17. The minimum atomic E-state index is -0.292.